The molecule has 2 aromatic carbocycles. The van der Waals surface area contributed by atoms with Gasteiger partial charge in [-0.2, -0.15) is 5.10 Å². The zero-order chi connectivity index (χ0) is 18.2. The third-order valence-electron chi connectivity index (χ3n) is 3.45. The molecule has 0 bridgehead atoms. The van der Waals surface area contributed by atoms with Gasteiger partial charge in [-0.3, -0.25) is 4.79 Å². The molecule has 0 saturated heterocycles. The highest BCUT2D eigenvalue weighted by atomic mass is 16.5. The van der Waals surface area contributed by atoms with Gasteiger partial charge < -0.3 is 9.47 Å². The maximum Gasteiger partial charge on any atom is 0.271 e. The molecule has 0 aromatic heterocycles. The van der Waals surface area contributed by atoms with Crippen molar-refractivity contribution < 1.29 is 14.3 Å². The maximum absolute atomic E-state index is 12.0. The minimum atomic E-state index is -0.250. The van der Waals surface area contributed by atoms with Crippen molar-refractivity contribution >= 4 is 12.1 Å². The number of hydrazone groups is 1. The molecule has 1 N–H and O–H groups in total. The molecule has 0 radical (unpaired) electrons. The summed E-state index contributed by atoms with van der Waals surface area (Å²) in [6, 6.07) is 12.8. The smallest absolute Gasteiger partial charge is 0.271 e. The first-order valence-electron chi connectivity index (χ1n) is 8.20. The van der Waals surface area contributed by atoms with Gasteiger partial charge in [-0.1, -0.05) is 31.5 Å². The highest BCUT2D eigenvalue weighted by Gasteiger charge is 2.07. The average Bonchev–Trinajstić information content (AvgIpc) is 2.60. The number of nitrogens with one attached hydrogen (secondary N) is 1. The van der Waals surface area contributed by atoms with E-state index in [9.17, 15) is 4.79 Å². The SMILES string of the molecule is COc1cc(/C=N\NC(=O)c2ccc(C)cc2)ccc1OCC(C)C. The fourth-order valence-electron chi connectivity index (χ4n) is 2.08. The van der Waals surface area contributed by atoms with E-state index < -0.39 is 0 Å². The number of hydrogen-bond donors (Lipinski definition) is 1. The summed E-state index contributed by atoms with van der Waals surface area (Å²) < 4.78 is 11.1. The number of methoxy groups -OCH3 is 1. The minimum Gasteiger partial charge on any atom is -0.493 e. The molecule has 0 fully saturated rings. The molecular weight excluding hydrogens is 316 g/mol. The molecule has 0 saturated carbocycles. The van der Waals surface area contributed by atoms with Crippen molar-refractivity contribution in [1.82, 2.24) is 5.43 Å². The predicted molar refractivity (Wildman–Crippen MR) is 99.6 cm³/mol. The Hall–Kier alpha value is -2.82. The van der Waals surface area contributed by atoms with Crippen LogP contribution in [0.4, 0.5) is 0 Å². The van der Waals surface area contributed by atoms with Gasteiger partial charge in [0.1, 0.15) is 0 Å². The number of nitrogens with zero attached hydrogens (tertiary/aromatic N) is 1. The molecule has 5 heteroatoms. The monoisotopic (exact) mass is 340 g/mol. The van der Waals surface area contributed by atoms with Gasteiger partial charge in [0.25, 0.3) is 5.91 Å². The molecule has 2 aromatic rings. The molecule has 0 aliphatic rings. The third-order valence-corrected chi connectivity index (χ3v) is 3.45. The van der Waals surface area contributed by atoms with E-state index in [1.807, 2.05) is 37.3 Å². The van der Waals surface area contributed by atoms with Gasteiger partial charge in [-0.25, -0.2) is 5.43 Å². The van der Waals surface area contributed by atoms with Crippen LogP contribution in [0.2, 0.25) is 0 Å². The van der Waals surface area contributed by atoms with Crippen molar-refractivity contribution in [3.8, 4) is 11.5 Å². The number of amides is 1. The Morgan fingerprint density at radius 3 is 2.52 bits per heavy atom. The normalized spacial score (nSPS) is 10.9. The lowest BCUT2D eigenvalue weighted by Crippen LogP contribution is -2.17. The fourth-order valence-corrected chi connectivity index (χ4v) is 2.08. The van der Waals surface area contributed by atoms with Gasteiger partial charge in [0.15, 0.2) is 11.5 Å². The molecule has 132 valence electrons. The Morgan fingerprint density at radius 2 is 1.88 bits per heavy atom. The van der Waals surface area contributed by atoms with E-state index >= 15 is 0 Å². The molecule has 0 atom stereocenters. The summed E-state index contributed by atoms with van der Waals surface area (Å²) in [4.78, 5) is 12.0. The largest absolute Gasteiger partial charge is 0.493 e. The van der Waals surface area contributed by atoms with Crippen molar-refractivity contribution in [3.05, 3.63) is 59.2 Å². The minimum absolute atomic E-state index is 0.250. The quantitative estimate of drug-likeness (QED) is 0.616. The standard InChI is InChI=1S/C20H24N2O3/c1-14(2)13-25-18-10-7-16(11-19(18)24-4)12-21-22-20(23)17-8-5-15(3)6-9-17/h5-12,14H,13H2,1-4H3,(H,22,23)/b21-12-. The van der Waals surface area contributed by atoms with Crippen molar-refractivity contribution in [1.29, 1.82) is 0 Å². The van der Waals surface area contributed by atoms with Gasteiger partial charge in [0, 0.05) is 5.56 Å². The highest BCUT2D eigenvalue weighted by Crippen LogP contribution is 2.27. The predicted octanol–water partition coefficient (Wildman–Crippen LogP) is 3.80. The molecule has 0 aliphatic heterocycles. The van der Waals surface area contributed by atoms with Gasteiger partial charge in [-0.15, -0.1) is 0 Å². The van der Waals surface area contributed by atoms with Crippen LogP contribution in [0.3, 0.4) is 0 Å². The van der Waals surface area contributed by atoms with E-state index in [1.54, 1.807) is 25.5 Å². The van der Waals surface area contributed by atoms with Crippen LogP contribution in [0.15, 0.2) is 47.6 Å². The molecule has 0 spiro atoms. The summed E-state index contributed by atoms with van der Waals surface area (Å²) in [5.41, 5.74) is 4.99. The summed E-state index contributed by atoms with van der Waals surface area (Å²) >= 11 is 0. The molecule has 0 heterocycles. The lowest BCUT2D eigenvalue weighted by Gasteiger charge is -2.12. The molecule has 2 rings (SSSR count). The Bertz CT molecular complexity index is 737. The Labute approximate surface area is 148 Å². The Morgan fingerprint density at radius 1 is 1.16 bits per heavy atom. The van der Waals surface area contributed by atoms with Crippen LogP contribution in [0, 0.1) is 12.8 Å². The van der Waals surface area contributed by atoms with Crippen LogP contribution < -0.4 is 14.9 Å². The number of carbonyl (C=O) groups is 1. The molecule has 0 aliphatic carbocycles. The van der Waals surface area contributed by atoms with E-state index in [4.69, 9.17) is 9.47 Å². The summed E-state index contributed by atoms with van der Waals surface area (Å²) in [5, 5.41) is 4.00. The molecule has 1 amide bonds. The second kappa shape index (κ2) is 8.87. The van der Waals surface area contributed by atoms with Crippen LogP contribution in [0.1, 0.15) is 35.3 Å². The first-order chi connectivity index (χ1) is 12.0. The number of hydrogen-bond acceptors (Lipinski definition) is 4. The Kier molecular flexibility index (Phi) is 6.57. The van der Waals surface area contributed by atoms with Crippen LogP contribution in [0.5, 0.6) is 11.5 Å². The maximum atomic E-state index is 12.0. The number of ether oxygens (including phenoxy) is 2. The van der Waals surface area contributed by atoms with Crippen LogP contribution in [-0.4, -0.2) is 25.8 Å². The van der Waals surface area contributed by atoms with Crippen molar-refractivity contribution in [2.75, 3.05) is 13.7 Å². The zero-order valence-electron chi connectivity index (χ0n) is 15.1. The number of rotatable bonds is 7. The third kappa shape index (κ3) is 5.64. The van der Waals surface area contributed by atoms with Gasteiger partial charge in [0.2, 0.25) is 0 Å². The fraction of sp³-hybridized carbons (Fsp3) is 0.300. The second-order valence-electron chi connectivity index (χ2n) is 6.18. The van der Waals surface area contributed by atoms with E-state index in [0.717, 1.165) is 11.1 Å². The van der Waals surface area contributed by atoms with Crippen molar-refractivity contribution in [2.45, 2.75) is 20.8 Å². The molecule has 0 unspecified atom stereocenters. The van der Waals surface area contributed by atoms with E-state index in [1.165, 1.54) is 0 Å². The van der Waals surface area contributed by atoms with Gasteiger partial charge >= 0.3 is 0 Å². The number of aryl methyl sites for hydroxylation is 1. The Balaban J connectivity index is 2.00. The first kappa shape index (κ1) is 18.5. The van der Waals surface area contributed by atoms with Crippen molar-refractivity contribution in [3.63, 3.8) is 0 Å². The topological polar surface area (TPSA) is 59.9 Å². The molecule has 5 nitrogen and oxygen atoms in total. The molecule has 25 heavy (non-hydrogen) atoms. The number of carbonyl (C=O) groups excluding carboxylic acids is 1. The van der Waals surface area contributed by atoms with E-state index in [2.05, 4.69) is 24.4 Å². The van der Waals surface area contributed by atoms with Crippen LogP contribution in [-0.2, 0) is 0 Å². The first-order valence-corrected chi connectivity index (χ1v) is 8.20. The summed E-state index contributed by atoms with van der Waals surface area (Å²) in [7, 11) is 1.59. The van der Waals surface area contributed by atoms with Crippen LogP contribution >= 0.6 is 0 Å². The highest BCUT2D eigenvalue weighted by molar-refractivity contribution is 5.94. The summed E-state index contributed by atoms with van der Waals surface area (Å²) in [6.07, 6.45) is 1.57. The van der Waals surface area contributed by atoms with Crippen molar-refractivity contribution in [2.24, 2.45) is 11.0 Å². The van der Waals surface area contributed by atoms with E-state index in [0.29, 0.717) is 29.6 Å². The van der Waals surface area contributed by atoms with Gasteiger partial charge in [-0.05, 0) is 48.7 Å². The second-order valence-corrected chi connectivity index (χ2v) is 6.18. The lowest BCUT2D eigenvalue weighted by atomic mass is 10.1. The lowest BCUT2D eigenvalue weighted by molar-refractivity contribution is 0.0955. The van der Waals surface area contributed by atoms with Crippen LogP contribution in [0.25, 0.3) is 0 Å². The summed E-state index contributed by atoms with van der Waals surface area (Å²) in [5.74, 6) is 1.51. The number of benzene rings is 2. The summed E-state index contributed by atoms with van der Waals surface area (Å²) in [6.45, 7) is 6.77. The zero-order valence-corrected chi connectivity index (χ0v) is 15.1. The van der Waals surface area contributed by atoms with E-state index in [-0.39, 0.29) is 5.91 Å². The van der Waals surface area contributed by atoms with Gasteiger partial charge in [0.05, 0.1) is 19.9 Å². The average molecular weight is 340 g/mol. The molecular formula is C20H24N2O3.